The number of halogens is 1. The number of benzene rings is 1. The van der Waals surface area contributed by atoms with Crippen LogP contribution in [0.5, 0.6) is 0 Å². The zero-order chi connectivity index (χ0) is 28.7. The Morgan fingerprint density at radius 3 is 2.62 bits per heavy atom. The second-order valence-electron chi connectivity index (χ2n) is 13.3. The number of hydrogen-bond donors (Lipinski definition) is 2. The molecule has 0 aliphatic heterocycles. The Kier molecular flexibility index (Phi) is 8.38. The number of ketones is 1. The average Bonchev–Trinajstić information content (AvgIpc) is 3.31. The quantitative estimate of drug-likeness (QED) is 0.221. The van der Waals surface area contributed by atoms with Crippen molar-refractivity contribution in [3.63, 3.8) is 0 Å². The summed E-state index contributed by atoms with van der Waals surface area (Å²) in [5, 5.41) is 8.10. The molecular weight excluding hydrogens is 525 g/mol. The van der Waals surface area contributed by atoms with E-state index in [4.69, 9.17) is 17.0 Å². The maximum atomic E-state index is 14.0. The van der Waals surface area contributed by atoms with E-state index in [0.717, 1.165) is 49.9 Å². The second-order valence-corrected chi connectivity index (χ2v) is 13.7. The van der Waals surface area contributed by atoms with Crippen molar-refractivity contribution in [2.75, 3.05) is 12.4 Å². The van der Waals surface area contributed by atoms with E-state index in [-0.39, 0.29) is 22.6 Å². The summed E-state index contributed by atoms with van der Waals surface area (Å²) in [5.41, 5.74) is 4.73. The Bertz CT molecular complexity index is 1170. The highest BCUT2D eigenvalue weighted by atomic mass is 32.1. The van der Waals surface area contributed by atoms with Gasteiger partial charge >= 0.3 is 5.97 Å². The number of hydrazone groups is 1. The van der Waals surface area contributed by atoms with Crippen molar-refractivity contribution in [1.82, 2.24) is 5.43 Å². The third-order valence-electron chi connectivity index (χ3n) is 11.6. The van der Waals surface area contributed by atoms with Gasteiger partial charge in [0, 0.05) is 29.7 Å². The molecule has 4 fully saturated rings. The van der Waals surface area contributed by atoms with E-state index < -0.39 is 0 Å². The predicted octanol–water partition coefficient (Wildman–Crippen LogP) is 6.90. The normalized spacial score (nSPS) is 36.7. The van der Waals surface area contributed by atoms with Crippen LogP contribution < -0.4 is 10.7 Å². The third kappa shape index (κ3) is 5.33. The highest BCUT2D eigenvalue weighted by Crippen LogP contribution is 2.67. The van der Waals surface area contributed by atoms with E-state index in [0.29, 0.717) is 59.2 Å². The number of nitrogens with zero attached hydrogens (tertiary/aromatic N) is 1. The van der Waals surface area contributed by atoms with E-state index in [2.05, 4.69) is 36.6 Å². The molecule has 218 valence electrons. The zero-order valence-corrected chi connectivity index (χ0v) is 25.1. The summed E-state index contributed by atoms with van der Waals surface area (Å²) in [6.07, 6.45) is 9.40. The number of carbonyl (C=O) groups is 2. The highest BCUT2D eigenvalue weighted by Gasteiger charge is 2.63. The molecule has 2 N–H and O–H groups in total. The SMILES string of the molecule is COC(=O)CC[C@@H](C)C1CCC2C3CCC4C/C(=N\NC(=S)Nc5ccc(F)cc5)CCC4(C)C3CC(=O)C21C. The number of rotatable bonds is 6. The van der Waals surface area contributed by atoms with Crippen LogP contribution in [0.15, 0.2) is 29.4 Å². The molecule has 7 unspecified atom stereocenters. The van der Waals surface area contributed by atoms with Gasteiger partial charge in [0.05, 0.1) is 7.11 Å². The minimum atomic E-state index is -0.285. The molecule has 4 saturated carbocycles. The highest BCUT2D eigenvalue weighted by molar-refractivity contribution is 7.80. The molecule has 0 aromatic heterocycles. The summed E-state index contributed by atoms with van der Waals surface area (Å²) < 4.78 is 18.0. The van der Waals surface area contributed by atoms with Crippen LogP contribution in [0.3, 0.4) is 0 Å². The lowest BCUT2D eigenvalue weighted by Crippen LogP contribution is -2.57. The fraction of sp³-hybridized carbons (Fsp3) is 0.688. The molecule has 6 nitrogen and oxygen atoms in total. The molecule has 0 saturated heterocycles. The first kappa shape index (κ1) is 29.2. The van der Waals surface area contributed by atoms with Gasteiger partial charge in [0.2, 0.25) is 0 Å². The summed E-state index contributed by atoms with van der Waals surface area (Å²) >= 11 is 5.40. The third-order valence-corrected chi connectivity index (χ3v) is 11.8. The number of carbonyl (C=O) groups excluding carboxylic acids is 2. The lowest BCUT2D eigenvalue weighted by molar-refractivity contribution is -0.155. The summed E-state index contributed by atoms with van der Waals surface area (Å²) in [4.78, 5) is 25.8. The number of nitrogens with one attached hydrogen (secondary N) is 2. The Hall–Kier alpha value is -2.35. The second kappa shape index (κ2) is 11.5. The molecular formula is C32H44FN3O3S. The predicted molar refractivity (Wildman–Crippen MR) is 159 cm³/mol. The van der Waals surface area contributed by atoms with Crippen molar-refractivity contribution in [3.05, 3.63) is 30.1 Å². The zero-order valence-electron chi connectivity index (χ0n) is 24.3. The van der Waals surface area contributed by atoms with Gasteiger partial charge < -0.3 is 10.1 Å². The summed E-state index contributed by atoms with van der Waals surface area (Å²) in [6, 6.07) is 6.08. The van der Waals surface area contributed by atoms with Gasteiger partial charge in [-0.3, -0.25) is 15.0 Å². The van der Waals surface area contributed by atoms with Gasteiger partial charge in [0.25, 0.3) is 0 Å². The molecule has 0 amide bonds. The molecule has 0 radical (unpaired) electrons. The van der Waals surface area contributed by atoms with Crippen molar-refractivity contribution in [1.29, 1.82) is 0 Å². The van der Waals surface area contributed by atoms with Gasteiger partial charge in [-0.2, -0.15) is 5.10 Å². The van der Waals surface area contributed by atoms with Crippen molar-refractivity contribution in [2.45, 2.75) is 85.0 Å². The molecule has 4 aliphatic carbocycles. The Balaban J connectivity index is 1.23. The van der Waals surface area contributed by atoms with Crippen molar-refractivity contribution in [2.24, 2.45) is 51.4 Å². The minimum absolute atomic E-state index is 0.153. The standard InChI is InChI=1S/C32H44FN3O3S/c1-19(5-14-29(38)39-4)25-12-13-26-24-11-6-20-17-23(35-36-30(40)34-22-9-7-21(33)8-10-22)15-16-31(20,2)27(24)18-28(37)32(25,26)3/h7-10,19-20,24-27H,5-6,11-18H2,1-4H3,(H2,34,36,40)/b35-23-/t19-,20?,24?,25?,26?,27?,31?,32?/m1/s1. The van der Waals surface area contributed by atoms with E-state index in [1.165, 1.54) is 32.1 Å². The van der Waals surface area contributed by atoms with E-state index >= 15 is 0 Å². The van der Waals surface area contributed by atoms with Gasteiger partial charge in [0.1, 0.15) is 11.6 Å². The summed E-state index contributed by atoms with van der Waals surface area (Å²) in [6.45, 7) is 6.94. The number of ether oxygens (including phenoxy) is 1. The number of anilines is 1. The molecule has 5 rings (SSSR count). The van der Waals surface area contributed by atoms with Gasteiger partial charge in [-0.25, -0.2) is 4.39 Å². The Morgan fingerprint density at radius 2 is 1.90 bits per heavy atom. The van der Waals surface area contributed by atoms with Gasteiger partial charge in [0.15, 0.2) is 5.11 Å². The summed E-state index contributed by atoms with van der Waals surface area (Å²) in [7, 11) is 1.44. The van der Waals surface area contributed by atoms with Crippen LogP contribution in [0.25, 0.3) is 0 Å². The van der Waals surface area contributed by atoms with Gasteiger partial charge in [-0.05, 0) is 129 Å². The minimum Gasteiger partial charge on any atom is -0.469 e. The first-order valence-electron chi connectivity index (χ1n) is 15.0. The number of hydrogen-bond acceptors (Lipinski definition) is 5. The van der Waals surface area contributed by atoms with E-state index in [1.807, 2.05) is 0 Å². The Morgan fingerprint density at radius 1 is 1.15 bits per heavy atom. The topological polar surface area (TPSA) is 79.8 Å². The van der Waals surface area contributed by atoms with Crippen LogP contribution in [0.4, 0.5) is 10.1 Å². The fourth-order valence-corrected chi connectivity index (χ4v) is 9.44. The molecule has 0 spiro atoms. The van der Waals surface area contributed by atoms with E-state index in [9.17, 15) is 14.0 Å². The number of thiocarbonyl (C=S) groups is 1. The van der Waals surface area contributed by atoms with Gasteiger partial charge in [-0.15, -0.1) is 0 Å². The van der Waals surface area contributed by atoms with Gasteiger partial charge in [-0.1, -0.05) is 20.8 Å². The maximum Gasteiger partial charge on any atom is 0.305 e. The number of fused-ring (bicyclic) bond motifs is 5. The van der Waals surface area contributed by atoms with Crippen molar-refractivity contribution < 1.29 is 18.7 Å². The summed E-state index contributed by atoms with van der Waals surface area (Å²) in [5.74, 6) is 2.73. The van der Waals surface area contributed by atoms with Crippen LogP contribution in [0.1, 0.15) is 85.0 Å². The molecule has 0 heterocycles. The first-order valence-corrected chi connectivity index (χ1v) is 15.4. The average molecular weight is 570 g/mol. The lowest BCUT2D eigenvalue weighted by atomic mass is 9.44. The molecule has 8 atom stereocenters. The molecule has 40 heavy (non-hydrogen) atoms. The number of methoxy groups -OCH3 is 1. The molecule has 4 aliphatic rings. The fourth-order valence-electron chi connectivity index (χ4n) is 9.28. The van der Waals surface area contributed by atoms with Crippen LogP contribution in [0.2, 0.25) is 0 Å². The van der Waals surface area contributed by atoms with Crippen molar-refractivity contribution in [3.8, 4) is 0 Å². The monoisotopic (exact) mass is 569 g/mol. The van der Waals surface area contributed by atoms with Crippen LogP contribution >= 0.6 is 12.2 Å². The largest absolute Gasteiger partial charge is 0.469 e. The molecule has 0 bridgehead atoms. The van der Waals surface area contributed by atoms with Crippen molar-refractivity contribution >= 4 is 40.5 Å². The lowest BCUT2D eigenvalue weighted by Gasteiger charge is -2.60. The number of esters is 1. The van der Waals surface area contributed by atoms with Crippen LogP contribution in [-0.2, 0) is 14.3 Å². The molecule has 1 aromatic rings. The molecule has 1 aromatic carbocycles. The maximum absolute atomic E-state index is 14.0. The number of Topliss-reactive ketones (excluding diaryl/α,β-unsaturated/α-hetero) is 1. The smallest absolute Gasteiger partial charge is 0.305 e. The molecule has 8 heteroatoms. The first-order chi connectivity index (χ1) is 19.1. The van der Waals surface area contributed by atoms with E-state index in [1.54, 1.807) is 12.1 Å². The van der Waals surface area contributed by atoms with Crippen LogP contribution in [-0.4, -0.2) is 29.7 Å². The Labute approximate surface area is 243 Å². The van der Waals surface area contributed by atoms with Crippen LogP contribution in [0, 0.1) is 52.2 Å².